The number of thiazole rings is 1. The van der Waals surface area contributed by atoms with Crippen LogP contribution in [0.15, 0.2) is 72.8 Å². The Morgan fingerprint density at radius 3 is 2.41 bits per heavy atom. The van der Waals surface area contributed by atoms with Gasteiger partial charge in [-0.3, -0.25) is 4.79 Å². The van der Waals surface area contributed by atoms with E-state index in [1.54, 1.807) is 11.3 Å². The number of amides is 1. The second-order valence-electron chi connectivity index (χ2n) is 7.37. The average Bonchev–Trinajstić information content (AvgIpc) is 3.16. The molecular weight excluding hydrogens is 378 g/mol. The zero-order chi connectivity index (χ0) is 20.2. The SMILES string of the molecule is C[NH+](C)Cc1ccccc1CNC(=O)c1ccccc1-c1nc2ccccc2s1. The lowest BCUT2D eigenvalue weighted by atomic mass is 10.1. The highest BCUT2D eigenvalue weighted by Gasteiger charge is 2.16. The lowest BCUT2D eigenvalue weighted by molar-refractivity contribution is -0.872. The van der Waals surface area contributed by atoms with Crippen LogP contribution < -0.4 is 10.2 Å². The highest BCUT2D eigenvalue weighted by molar-refractivity contribution is 7.21. The Kier molecular flexibility index (Phi) is 5.69. The fourth-order valence-corrected chi connectivity index (χ4v) is 4.41. The van der Waals surface area contributed by atoms with Crippen molar-refractivity contribution in [2.45, 2.75) is 13.1 Å². The third-order valence-corrected chi connectivity index (χ3v) is 5.87. The van der Waals surface area contributed by atoms with Crippen molar-refractivity contribution in [2.75, 3.05) is 14.1 Å². The summed E-state index contributed by atoms with van der Waals surface area (Å²) in [6.45, 7) is 1.44. The number of nitrogens with zero attached hydrogens (tertiary/aromatic N) is 1. The molecule has 0 saturated heterocycles. The van der Waals surface area contributed by atoms with Crippen molar-refractivity contribution in [3.05, 3.63) is 89.5 Å². The van der Waals surface area contributed by atoms with Gasteiger partial charge in [-0.1, -0.05) is 54.6 Å². The van der Waals surface area contributed by atoms with E-state index in [0.29, 0.717) is 12.1 Å². The zero-order valence-electron chi connectivity index (χ0n) is 16.6. The van der Waals surface area contributed by atoms with Crippen LogP contribution in [0.5, 0.6) is 0 Å². The molecule has 3 aromatic carbocycles. The van der Waals surface area contributed by atoms with Gasteiger partial charge in [0, 0.05) is 23.2 Å². The second-order valence-corrected chi connectivity index (χ2v) is 8.40. The lowest BCUT2D eigenvalue weighted by Crippen LogP contribution is -3.04. The minimum absolute atomic E-state index is 0.0770. The Morgan fingerprint density at radius 2 is 1.62 bits per heavy atom. The van der Waals surface area contributed by atoms with Crippen LogP contribution in [0.2, 0.25) is 0 Å². The van der Waals surface area contributed by atoms with Crippen molar-refractivity contribution in [1.29, 1.82) is 0 Å². The summed E-state index contributed by atoms with van der Waals surface area (Å²) in [7, 11) is 4.26. The van der Waals surface area contributed by atoms with Gasteiger partial charge in [0.2, 0.25) is 0 Å². The first-order valence-corrected chi connectivity index (χ1v) is 10.5. The van der Waals surface area contributed by atoms with E-state index >= 15 is 0 Å². The molecule has 4 nitrogen and oxygen atoms in total. The molecule has 1 aromatic heterocycles. The number of rotatable bonds is 6. The van der Waals surface area contributed by atoms with E-state index in [4.69, 9.17) is 4.98 Å². The predicted molar refractivity (Wildman–Crippen MR) is 119 cm³/mol. The van der Waals surface area contributed by atoms with Gasteiger partial charge in [-0.05, 0) is 23.8 Å². The minimum atomic E-state index is -0.0770. The van der Waals surface area contributed by atoms with Crippen LogP contribution in [0.1, 0.15) is 21.5 Å². The molecule has 0 aliphatic carbocycles. The molecule has 0 unspecified atom stereocenters. The first kappa shape index (κ1) is 19.3. The first-order chi connectivity index (χ1) is 14.1. The van der Waals surface area contributed by atoms with Gasteiger partial charge < -0.3 is 10.2 Å². The number of nitrogens with one attached hydrogen (secondary N) is 2. The smallest absolute Gasteiger partial charge is 0.252 e. The molecule has 0 atom stereocenters. The molecule has 0 spiro atoms. The summed E-state index contributed by atoms with van der Waals surface area (Å²) in [5, 5.41) is 3.97. The number of carbonyl (C=O) groups excluding carboxylic acids is 1. The summed E-state index contributed by atoms with van der Waals surface area (Å²) in [4.78, 5) is 19.1. The van der Waals surface area contributed by atoms with Crippen molar-refractivity contribution in [3.8, 4) is 10.6 Å². The number of fused-ring (bicyclic) bond motifs is 1. The maximum atomic E-state index is 13.0. The lowest BCUT2D eigenvalue weighted by Gasteiger charge is -2.13. The van der Waals surface area contributed by atoms with Crippen molar-refractivity contribution in [3.63, 3.8) is 0 Å². The van der Waals surface area contributed by atoms with Crippen molar-refractivity contribution < 1.29 is 9.69 Å². The van der Waals surface area contributed by atoms with Gasteiger partial charge >= 0.3 is 0 Å². The molecule has 0 bridgehead atoms. The maximum Gasteiger partial charge on any atom is 0.252 e. The average molecular weight is 403 g/mol. The van der Waals surface area contributed by atoms with Crippen LogP contribution in [-0.4, -0.2) is 25.0 Å². The third-order valence-electron chi connectivity index (χ3n) is 4.80. The van der Waals surface area contributed by atoms with E-state index in [0.717, 1.165) is 32.9 Å². The molecule has 1 amide bonds. The van der Waals surface area contributed by atoms with E-state index in [1.165, 1.54) is 10.5 Å². The van der Waals surface area contributed by atoms with Gasteiger partial charge in [-0.25, -0.2) is 4.98 Å². The molecule has 0 saturated carbocycles. The molecular formula is C24H24N3OS+. The molecule has 146 valence electrons. The van der Waals surface area contributed by atoms with Gasteiger partial charge in [0.15, 0.2) is 0 Å². The Balaban J connectivity index is 1.58. The standard InChI is InChI=1S/C24H23N3OS/c1-27(2)16-18-10-4-3-9-17(18)15-25-23(28)19-11-5-6-12-20(19)24-26-21-13-7-8-14-22(21)29-24/h3-14H,15-16H2,1-2H3,(H,25,28)/p+1. The molecule has 2 N–H and O–H groups in total. The van der Waals surface area contributed by atoms with Crippen molar-refractivity contribution >= 4 is 27.5 Å². The number of hydrogen-bond donors (Lipinski definition) is 2. The van der Waals surface area contributed by atoms with Crippen molar-refractivity contribution in [2.24, 2.45) is 0 Å². The quantitative estimate of drug-likeness (QED) is 0.518. The minimum Gasteiger partial charge on any atom is -0.348 e. The molecule has 1 heterocycles. The second kappa shape index (κ2) is 8.55. The molecule has 29 heavy (non-hydrogen) atoms. The van der Waals surface area contributed by atoms with Gasteiger partial charge in [-0.2, -0.15) is 0 Å². The number of quaternary nitrogens is 1. The third kappa shape index (κ3) is 4.36. The Hall–Kier alpha value is -3.02. The number of carbonyl (C=O) groups is 1. The normalized spacial score (nSPS) is 11.1. The Morgan fingerprint density at radius 1 is 0.931 bits per heavy atom. The molecule has 0 aliphatic heterocycles. The summed E-state index contributed by atoms with van der Waals surface area (Å²) in [6, 6.07) is 24.0. The van der Waals surface area contributed by atoms with E-state index in [2.05, 4.69) is 37.6 Å². The van der Waals surface area contributed by atoms with Crippen LogP contribution >= 0.6 is 11.3 Å². The molecule has 4 aromatic rings. The van der Waals surface area contributed by atoms with Gasteiger partial charge in [0.1, 0.15) is 11.6 Å². The highest BCUT2D eigenvalue weighted by Crippen LogP contribution is 2.32. The topological polar surface area (TPSA) is 46.4 Å². The van der Waals surface area contributed by atoms with E-state index in [1.807, 2.05) is 54.6 Å². The van der Waals surface area contributed by atoms with E-state index < -0.39 is 0 Å². The number of hydrogen-bond acceptors (Lipinski definition) is 3. The summed E-state index contributed by atoms with van der Waals surface area (Å²) in [5.74, 6) is -0.0770. The first-order valence-electron chi connectivity index (χ1n) is 9.71. The largest absolute Gasteiger partial charge is 0.348 e. The molecule has 0 radical (unpaired) electrons. The number of para-hydroxylation sites is 1. The van der Waals surface area contributed by atoms with E-state index in [9.17, 15) is 4.79 Å². The molecule has 5 heteroatoms. The Bertz CT molecular complexity index is 1120. The van der Waals surface area contributed by atoms with Crippen LogP contribution in [0.25, 0.3) is 20.8 Å². The number of benzene rings is 3. The van der Waals surface area contributed by atoms with Gasteiger partial charge in [0.05, 0.1) is 24.3 Å². The van der Waals surface area contributed by atoms with Crippen LogP contribution in [0.3, 0.4) is 0 Å². The zero-order valence-corrected chi connectivity index (χ0v) is 17.4. The molecule has 4 rings (SSSR count). The predicted octanol–water partition coefficient (Wildman–Crippen LogP) is 3.54. The Labute approximate surface area is 174 Å². The summed E-state index contributed by atoms with van der Waals surface area (Å²) < 4.78 is 1.12. The fraction of sp³-hybridized carbons (Fsp3) is 0.167. The van der Waals surface area contributed by atoms with Gasteiger partial charge in [-0.15, -0.1) is 11.3 Å². The molecule has 0 aliphatic rings. The van der Waals surface area contributed by atoms with E-state index in [-0.39, 0.29) is 5.91 Å². The number of aromatic nitrogens is 1. The summed E-state index contributed by atoms with van der Waals surface area (Å²) in [5.41, 5.74) is 4.90. The fourth-order valence-electron chi connectivity index (χ4n) is 3.41. The van der Waals surface area contributed by atoms with Crippen molar-refractivity contribution in [1.82, 2.24) is 10.3 Å². The summed E-state index contributed by atoms with van der Waals surface area (Å²) >= 11 is 1.61. The summed E-state index contributed by atoms with van der Waals surface area (Å²) in [6.07, 6.45) is 0. The van der Waals surface area contributed by atoms with Crippen LogP contribution in [-0.2, 0) is 13.1 Å². The van der Waals surface area contributed by atoms with Crippen LogP contribution in [0, 0.1) is 0 Å². The van der Waals surface area contributed by atoms with Crippen LogP contribution in [0.4, 0.5) is 0 Å². The monoisotopic (exact) mass is 402 g/mol. The van der Waals surface area contributed by atoms with Gasteiger partial charge in [0.25, 0.3) is 5.91 Å². The molecule has 0 fully saturated rings. The maximum absolute atomic E-state index is 13.0. The highest BCUT2D eigenvalue weighted by atomic mass is 32.1.